The molecule has 1 aliphatic rings. The molecule has 1 aromatic rings. The summed E-state index contributed by atoms with van der Waals surface area (Å²) in [5, 5.41) is 9.53. The molecule has 1 aromatic carbocycles. The van der Waals surface area contributed by atoms with Crippen molar-refractivity contribution in [2.75, 3.05) is 6.61 Å². The van der Waals surface area contributed by atoms with Crippen molar-refractivity contribution >= 4 is 0 Å². The number of rotatable bonds is 4. The van der Waals surface area contributed by atoms with Crippen LogP contribution in [0.1, 0.15) is 45.1 Å². The van der Waals surface area contributed by atoms with Crippen LogP contribution in [0.4, 0.5) is 0 Å². The first kappa shape index (κ1) is 12.4. The van der Waals surface area contributed by atoms with Crippen molar-refractivity contribution in [1.82, 2.24) is 0 Å². The van der Waals surface area contributed by atoms with E-state index in [9.17, 15) is 5.11 Å². The molecule has 1 aliphatic heterocycles. The molecule has 0 fully saturated rings. The van der Waals surface area contributed by atoms with Gasteiger partial charge < -0.3 is 9.84 Å². The van der Waals surface area contributed by atoms with E-state index in [0.29, 0.717) is 5.92 Å². The van der Waals surface area contributed by atoms with Gasteiger partial charge in [-0.15, -0.1) is 0 Å². The van der Waals surface area contributed by atoms with E-state index in [0.717, 1.165) is 25.2 Å². The molecule has 1 heterocycles. The second-order valence-electron chi connectivity index (χ2n) is 5.97. The third-order valence-corrected chi connectivity index (χ3v) is 3.45. The van der Waals surface area contributed by atoms with Gasteiger partial charge in [-0.25, -0.2) is 0 Å². The van der Waals surface area contributed by atoms with E-state index in [2.05, 4.69) is 26.0 Å². The van der Waals surface area contributed by atoms with Crippen LogP contribution in [-0.2, 0) is 0 Å². The molecule has 1 N–H and O–H groups in total. The Hall–Kier alpha value is -1.02. The smallest absolute Gasteiger partial charge is 0.122 e. The molecule has 0 spiro atoms. The zero-order chi connectivity index (χ0) is 12.5. The van der Waals surface area contributed by atoms with Gasteiger partial charge in [-0.1, -0.05) is 32.0 Å². The van der Waals surface area contributed by atoms with Crippen LogP contribution in [0.2, 0.25) is 0 Å². The molecule has 0 aromatic heterocycles. The van der Waals surface area contributed by atoms with Crippen molar-refractivity contribution in [1.29, 1.82) is 0 Å². The first-order valence-electron chi connectivity index (χ1n) is 6.38. The van der Waals surface area contributed by atoms with Crippen molar-refractivity contribution < 1.29 is 9.84 Å². The highest BCUT2D eigenvalue weighted by Gasteiger charge is 2.30. The van der Waals surface area contributed by atoms with Crippen molar-refractivity contribution in [3.8, 4) is 5.75 Å². The zero-order valence-electron chi connectivity index (χ0n) is 10.9. The zero-order valence-corrected chi connectivity index (χ0v) is 10.9. The number of hydrogen-bond donors (Lipinski definition) is 1. The molecule has 0 saturated carbocycles. The summed E-state index contributed by atoms with van der Waals surface area (Å²) in [4.78, 5) is 0. The fourth-order valence-corrected chi connectivity index (χ4v) is 2.95. The Balaban J connectivity index is 2.06. The van der Waals surface area contributed by atoms with Gasteiger partial charge in [-0.2, -0.15) is 0 Å². The van der Waals surface area contributed by atoms with Crippen LogP contribution in [0, 0.1) is 5.41 Å². The molecule has 0 aliphatic carbocycles. The second kappa shape index (κ2) is 4.69. The van der Waals surface area contributed by atoms with Crippen LogP contribution in [0.5, 0.6) is 5.75 Å². The third kappa shape index (κ3) is 3.01. The summed E-state index contributed by atoms with van der Waals surface area (Å²) in [6.07, 6.45) is 1.67. The molecule has 94 valence electrons. The lowest BCUT2D eigenvalue weighted by Crippen LogP contribution is -2.22. The molecular formula is C15H22O2. The van der Waals surface area contributed by atoms with E-state index in [4.69, 9.17) is 4.74 Å². The molecule has 0 saturated heterocycles. The summed E-state index contributed by atoms with van der Waals surface area (Å²) < 4.78 is 5.70. The van der Waals surface area contributed by atoms with Crippen LogP contribution >= 0.6 is 0 Å². The summed E-state index contributed by atoms with van der Waals surface area (Å²) in [5.41, 5.74) is 1.48. The normalized spacial score (nSPS) is 20.8. The molecule has 0 amide bonds. The van der Waals surface area contributed by atoms with Crippen LogP contribution in [-0.4, -0.2) is 17.8 Å². The van der Waals surface area contributed by atoms with E-state index in [1.807, 2.05) is 19.1 Å². The quantitative estimate of drug-likeness (QED) is 0.865. The number of hydrogen-bond acceptors (Lipinski definition) is 2. The van der Waals surface area contributed by atoms with E-state index in [1.54, 1.807) is 0 Å². The Labute approximate surface area is 104 Å². The summed E-state index contributed by atoms with van der Waals surface area (Å²) >= 11 is 0. The van der Waals surface area contributed by atoms with Crippen molar-refractivity contribution in [2.24, 2.45) is 5.41 Å². The Bertz CT molecular complexity index is 382. The van der Waals surface area contributed by atoms with E-state index < -0.39 is 0 Å². The highest BCUT2D eigenvalue weighted by molar-refractivity contribution is 5.39. The maximum atomic E-state index is 9.53. The van der Waals surface area contributed by atoms with Gasteiger partial charge in [0.25, 0.3) is 0 Å². The van der Waals surface area contributed by atoms with Gasteiger partial charge in [0, 0.05) is 11.5 Å². The summed E-state index contributed by atoms with van der Waals surface area (Å²) in [6.45, 7) is 7.09. The van der Waals surface area contributed by atoms with Gasteiger partial charge in [-0.3, -0.25) is 0 Å². The molecular weight excluding hydrogens is 212 g/mol. The van der Waals surface area contributed by atoms with Crippen LogP contribution in [0.25, 0.3) is 0 Å². The lowest BCUT2D eigenvalue weighted by Gasteiger charge is -2.28. The fourth-order valence-electron chi connectivity index (χ4n) is 2.95. The molecule has 2 rings (SSSR count). The molecule has 2 nitrogen and oxygen atoms in total. The van der Waals surface area contributed by atoms with Gasteiger partial charge in [0.2, 0.25) is 0 Å². The maximum absolute atomic E-state index is 9.53. The van der Waals surface area contributed by atoms with Gasteiger partial charge in [-0.05, 0) is 31.2 Å². The summed E-state index contributed by atoms with van der Waals surface area (Å²) in [5.74, 6) is 1.50. The number of ether oxygens (including phenoxy) is 1. The highest BCUT2D eigenvalue weighted by Crippen LogP contribution is 2.42. The number of fused-ring (bicyclic) bond motifs is 1. The van der Waals surface area contributed by atoms with E-state index in [-0.39, 0.29) is 11.5 Å². The van der Waals surface area contributed by atoms with Gasteiger partial charge in [0.05, 0.1) is 12.7 Å². The molecule has 2 unspecified atom stereocenters. The van der Waals surface area contributed by atoms with Crippen molar-refractivity contribution in [2.45, 2.75) is 45.6 Å². The summed E-state index contributed by atoms with van der Waals surface area (Å²) in [7, 11) is 0. The van der Waals surface area contributed by atoms with E-state index in [1.165, 1.54) is 5.56 Å². The predicted molar refractivity (Wildman–Crippen MR) is 69.4 cm³/mol. The average molecular weight is 234 g/mol. The molecule has 0 radical (unpaired) electrons. The highest BCUT2D eigenvalue weighted by atomic mass is 16.5. The number of aliphatic hydroxyl groups is 1. The SMILES string of the molecule is CC(O)CC(C)(C)CC1COc2ccccc21. The fraction of sp³-hybridized carbons (Fsp3) is 0.600. The lowest BCUT2D eigenvalue weighted by atomic mass is 9.77. The molecule has 17 heavy (non-hydrogen) atoms. The average Bonchev–Trinajstić information content (AvgIpc) is 2.59. The number of para-hydroxylation sites is 1. The monoisotopic (exact) mass is 234 g/mol. The standard InChI is InChI=1S/C15H22O2/c1-11(16)8-15(2,3)9-12-10-17-14-7-5-4-6-13(12)14/h4-7,11-12,16H,8-10H2,1-3H3. The predicted octanol–water partition coefficient (Wildman–Crippen LogP) is 3.35. The minimum absolute atomic E-state index is 0.152. The van der Waals surface area contributed by atoms with Crippen molar-refractivity contribution in [3.63, 3.8) is 0 Å². The second-order valence-corrected chi connectivity index (χ2v) is 5.97. The Morgan fingerprint density at radius 3 is 2.82 bits per heavy atom. The molecule has 2 atom stereocenters. The first-order chi connectivity index (χ1) is 7.98. The first-order valence-corrected chi connectivity index (χ1v) is 6.38. The largest absolute Gasteiger partial charge is 0.493 e. The number of aliphatic hydroxyl groups excluding tert-OH is 1. The summed E-state index contributed by atoms with van der Waals surface area (Å²) in [6, 6.07) is 8.28. The van der Waals surface area contributed by atoms with Gasteiger partial charge >= 0.3 is 0 Å². The minimum atomic E-state index is -0.234. The van der Waals surface area contributed by atoms with Crippen LogP contribution in [0.15, 0.2) is 24.3 Å². The Morgan fingerprint density at radius 1 is 1.41 bits per heavy atom. The topological polar surface area (TPSA) is 29.5 Å². The van der Waals surface area contributed by atoms with Crippen molar-refractivity contribution in [3.05, 3.63) is 29.8 Å². The third-order valence-electron chi connectivity index (χ3n) is 3.45. The van der Waals surface area contributed by atoms with Crippen LogP contribution < -0.4 is 4.74 Å². The minimum Gasteiger partial charge on any atom is -0.493 e. The van der Waals surface area contributed by atoms with Gasteiger partial charge in [0.15, 0.2) is 0 Å². The van der Waals surface area contributed by atoms with Gasteiger partial charge in [0.1, 0.15) is 5.75 Å². The maximum Gasteiger partial charge on any atom is 0.122 e. The molecule has 0 bridgehead atoms. The Kier molecular flexibility index (Phi) is 3.43. The molecule has 2 heteroatoms. The Morgan fingerprint density at radius 2 is 2.12 bits per heavy atom. The van der Waals surface area contributed by atoms with Crippen LogP contribution in [0.3, 0.4) is 0 Å². The lowest BCUT2D eigenvalue weighted by molar-refractivity contribution is 0.117. The number of benzene rings is 1. The van der Waals surface area contributed by atoms with E-state index >= 15 is 0 Å².